The van der Waals surface area contributed by atoms with Gasteiger partial charge in [0.15, 0.2) is 0 Å². The SMILES string of the molecule is Nc1ncnc([N+]2(C3(CCN4CCCC4)NC=CN3)CCC(c3cccc(C(F)(F)F)c3)CC2)c1C1CCC1. The molecule has 1 aromatic heterocycles. The number of likely N-dealkylation sites (tertiary alicyclic amines) is 2. The average Bonchev–Trinajstić information content (AvgIpc) is 3.60. The molecule has 4 aliphatic rings. The zero-order chi connectivity index (χ0) is 27.1. The van der Waals surface area contributed by atoms with Gasteiger partial charge >= 0.3 is 6.18 Å². The molecule has 2 saturated heterocycles. The number of nitrogen functional groups attached to an aromatic ring is 1. The number of nitrogens with zero attached hydrogens (tertiary/aromatic N) is 4. The van der Waals surface area contributed by atoms with E-state index in [0.29, 0.717) is 16.2 Å². The molecule has 1 aromatic carbocycles. The fourth-order valence-corrected chi connectivity index (χ4v) is 7.25. The lowest BCUT2D eigenvalue weighted by Crippen LogP contribution is -2.78. The number of hydrogen-bond donors (Lipinski definition) is 3. The standard InChI is InChI=1S/C29H39F3N7/c30-29(31,32)24-8-4-7-23(19-24)21-9-17-39(18-10-21,27-25(22-5-3-6-22)26(33)34-20-35-27)28(36-12-13-37-28)11-16-38-14-1-2-15-38/h4,7-8,12-13,19-22,36-37H,1-3,5-6,9-11,14-18H2,(H2,33,34,35)/q+1. The van der Waals surface area contributed by atoms with Gasteiger partial charge in [-0.3, -0.25) is 0 Å². The summed E-state index contributed by atoms with van der Waals surface area (Å²) in [6, 6.07) is 5.88. The Morgan fingerprint density at radius 1 is 0.974 bits per heavy atom. The number of anilines is 1. The van der Waals surface area contributed by atoms with E-state index in [9.17, 15) is 13.2 Å². The first-order valence-corrected chi connectivity index (χ1v) is 14.4. The van der Waals surface area contributed by atoms with Crippen LogP contribution in [0.5, 0.6) is 0 Å². The predicted molar refractivity (Wildman–Crippen MR) is 146 cm³/mol. The lowest BCUT2D eigenvalue weighted by Gasteiger charge is -2.54. The number of rotatable bonds is 7. The summed E-state index contributed by atoms with van der Waals surface area (Å²) in [6.07, 6.45) is 9.39. The van der Waals surface area contributed by atoms with E-state index >= 15 is 0 Å². The third-order valence-electron chi connectivity index (χ3n) is 9.66. The van der Waals surface area contributed by atoms with Crippen molar-refractivity contribution in [3.8, 4) is 0 Å². The molecule has 10 heteroatoms. The van der Waals surface area contributed by atoms with E-state index in [1.54, 1.807) is 6.33 Å². The van der Waals surface area contributed by atoms with Crippen molar-refractivity contribution >= 4 is 11.6 Å². The topological polar surface area (TPSA) is 79.1 Å². The number of piperidine rings is 1. The van der Waals surface area contributed by atoms with Crippen molar-refractivity contribution in [1.82, 2.24) is 30.0 Å². The number of halogens is 3. The fourth-order valence-electron chi connectivity index (χ4n) is 7.25. The third kappa shape index (κ3) is 4.75. The van der Waals surface area contributed by atoms with Crippen molar-refractivity contribution in [2.75, 3.05) is 38.5 Å². The molecule has 0 atom stereocenters. The molecule has 1 aliphatic carbocycles. The minimum Gasteiger partial charge on any atom is -0.383 e. The molecule has 3 fully saturated rings. The Kier molecular flexibility index (Phi) is 6.95. The molecule has 3 aliphatic heterocycles. The lowest BCUT2D eigenvalue weighted by molar-refractivity contribution is -0.137. The Morgan fingerprint density at radius 2 is 1.69 bits per heavy atom. The predicted octanol–water partition coefficient (Wildman–Crippen LogP) is 5.03. The van der Waals surface area contributed by atoms with Crippen LogP contribution in [0.25, 0.3) is 0 Å². The fraction of sp³-hybridized carbons (Fsp3) is 0.586. The minimum absolute atomic E-state index is 0.0508. The second-order valence-corrected chi connectivity index (χ2v) is 11.7. The van der Waals surface area contributed by atoms with E-state index < -0.39 is 17.5 Å². The molecule has 4 N–H and O–H groups in total. The molecule has 6 rings (SSSR count). The molecule has 4 heterocycles. The van der Waals surface area contributed by atoms with Gasteiger partial charge in [-0.25, -0.2) is 9.47 Å². The molecule has 210 valence electrons. The molecule has 7 nitrogen and oxygen atoms in total. The largest absolute Gasteiger partial charge is 0.416 e. The monoisotopic (exact) mass is 542 g/mol. The van der Waals surface area contributed by atoms with Crippen LogP contribution in [0.1, 0.15) is 79.9 Å². The van der Waals surface area contributed by atoms with Gasteiger partial charge in [-0.1, -0.05) is 24.6 Å². The minimum atomic E-state index is -4.34. The van der Waals surface area contributed by atoms with Crippen molar-refractivity contribution in [1.29, 1.82) is 0 Å². The van der Waals surface area contributed by atoms with E-state index in [0.717, 1.165) is 87.8 Å². The van der Waals surface area contributed by atoms with Crippen molar-refractivity contribution < 1.29 is 13.2 Å². The average molecular weight is 543 g/mol. The second kappa shape index (κ2) is 10.3. The summed E-state index contributed by atoms with van der Waals surface area (Å²) in [5.41, 5.74) is 7.81. The summed E-state index contributed by atoms with van der Waals surface area (Å²) >= 11 is 0. The van der Waals surface area contributed by atoms with E-state index in [1.807, 2.05) is 18.5 Å². The smallest absolute Gasteiger partial charge is 0.383 e. The van der Waals surface area contributed by atoms with Gasteiger partial charge < -0.3 is 21.3 Å². The third-order valence-corrected chi connectivity index (χ3v) is 9.66. The number of quaternary nitrogens is 1. The first-order valence-electron chi connectivity index (χ1n) is 14.4. The Labute approximate surface area is 228 Å². The first-order chi connectivity index (χ1) is 18.8. The molecular weight excluding hydrogens is 503 g/mol. The Balaban J connectivity index is 1.37. The number of benzene rings is 1. The molecule has 0 radical (unpaired) electrons. The van der Waals surface area contributed by atoms with Gasteiger partial charge in [0.1, 0.15) is 12.1 Å². The van der Waals surface area contributed by atoms with Crippen LogP contribution in [0.4, 0.5) is 24.8 Å². The summed E-state index contributed by atoms with van der Waals surface area (Å²) in [7, 11) is 0. The van der Waals surface area contributed by atoms with Crippen LogP contribution in [-0.2, 0) is 6.18 Å². The summed E-state index contributed by atoms with van der Waals surface area (Å²) < 4.78 is 41.0. The number of nitrogens with two attached hydrogens (primary N) is 1. The maximum Gasteiger partial charge on any atom is 0.416 e. The number of alkyl halides is 3. The maximum atomic E-state index is 13.5. The zero-order valence-corrected chi connectivity index (χ0v) is 22.4. The summed E-state index contributed by atoms with van der Waals surface area (Å²) in [6.45, 7) is 4.67. The molecule has 2 aromatic rings. The van der Waals surface area contributed by atoms with Crippen LogP contribution in [0.3, 0.4) is 0 Å². The van der Waals surface area contributed by atoms with Crippen LogP contribution in [-0.4, -0.2) is 53.4 Å². The first kappa shape index (κ1) is 26.4. The van der Waals surface area contributed by atoms with E-state index in [2.05, 4.69) is 20.5 Å². The van der Waals surface area contributed by atoms with Gasteiger partial charge in [-0.05, 0) is 62.2 Å². The van der Waals surface area contributed by atoms with Gasteiger partial charge in [0, 0.05) is 31.8 Å². The molecule has 0 unspecified atom stereocenters. The Bertz CT molecular complexity index is 1190. The highest BCUT2D eigenvalue weighted by Gasteiger charge is 2.57. The molecule has 39 heavy (non-hydrogen) atoms. The number of nitrogens with one attached hydrogen (secondary N) is 2. The highest BCUT2D eigenvalue weighted by molar-refractivity contribution is 5.59. The number of aromatic nitrogens is 2. The molecule has 0 bridgehead atoms. The van der Waals surface area contributed by atoms with Crippen LogP contribution in [0.2, 0.25) is 0 Å². The molecule has 0 amide bonds. The normalized spacial score (nSPS) is 27.2. The van der Waals surface area contributed by atoms with Crippen LogP contribution < -0.4 is 20.9 Å². The van der Waals surface area contributed by atoms with Crippen molar-refractivity contribution in [3.05, 3.63) is 59.7 Å². The quantitative estimate of drug-likeness (QED) is 0.426. The highest BCUT2D eigenvalue weighted by Crippen LogP contribution is 2.49. The number of hydrogen-bond acceptors (Lipinski definition) is 6. The van der Waals surface area contributed by atoms with Gasteiger partial charge in [0.2, 0.25) is 5.82 Å². The Hall–Kier alpha value is -2.85. The summed E-state index contributed by atoms with van der Waals surface area (Å²) in [4.78, 5) is 11.9. The van der Waals surface area contributed by atoms with Crippen molar-refractivity contribution in [2.45, 2.75) is 75.2 Å². The van der Waals surface area contributed by atoms with Crippen LogP contribution in [0.15, 0.2) is 43.0 Å². The van der Waals surface area contributed by atoms with Crippen LogP contribution >= 0.6 is 0 Å². The molecular formula is C29H39F3N7+. The summed E-state index contributed by atoms with van der Waals surface area (Å²) in [5.74, 6) is 1.42. The van der Waals surface area contributed by atoms with Gasteiger partial charge in [0.25, 0.3) is 5.79 Å². The van der Waals surface area contributed by atoms with Gasteiger partial charge in [-0.2, -0.15) is 18.2 Å². The van der Waals surface area contributed by atoms with E-state index in [1.165, 1.54) is 31.4 Å². The highest BCUT2D eigenvalue weighted by atomic mass is 19.4. The van der Waals surface area contributed by atoms with Crippen molar-refractivity contribution in [3.63, 3.8) is 0 Å². The van der Waals surface area contributed by atoms with Crippen LogP contribution in [0, 0.1) is 0 Å². The van der Waals surface area contributed by atoms with E-state index in [4.69, 9.17) is 10.7 Å². The van der Waals surface area contributed by atoms with Gasteiger partial charge in [-0.15, -0.1) is 0 Å². The second-order valence-electron chi connectivity index (χ2n) is 11.7. The zero-order valence-electron chi connectivity index (χ0n) is 22.4. The summed E-state index contributed by atoms with van der Waals surface area (Å²) in [5, 5.41) is 7.42. The van der Waals surface area contributed by atoms with E-state index in [-0.39, 0.29) is 5.92 Å². The van der Waals surface area contributed by atoms with Gasteiger partial charge in [0.05, 0.1) is 30.6 Å². The molecule has 1 saturated carbocycles. The maximum absolute atomic E-state index is 13.5. The lowest BCUT2D eigenvalue weighted by atomic mass is 9.79. The van der Waals surface area contributed by atoms with Crippen molar-refractivity contribution in [2.24, 2.45) is 0 Å². The molecule has 0 spiro atoms. The Morgan fingerprint density at radius 3 is 2.33 bits per heavy atom.